The summed E-state index contributed by atoms with van der Waals surface area (Å²) >= 11 is 0. The van der Waals surface area contributed by atoms with Crippen LogP contribution in [0.25, 0.3) is 0 Å². The number of rotatable bonds is 5. The SMILES string of the molecule is COC(=O)C(NC(C)c1ccc(F)cc1F)C(C)C. The van der Waals surface area contributed by atoms with Gasteiger partial charge in [-0.2, -0.15) is 0 Å². The predicted molar refractivity (Wildman–Crippen MR) is 68.6 cm³/mol. The molecular formula is C14H19F2NO2. The van der Waals surface area contributed by atoms with Gasteiger partial charge in [-0.1, -0.05) is 19.9 Å². The Morgan fingerprint density at radius 1 is 1.26 bits per heavy atom. The molecule has 0 aliphatic heterocycles. The number of halogens is 2. The van der Waals surface area contributed by atoms with Crippen molar-refractivity contribution in [3.8, 4) is 0 Å². The number of esters is 1. The molecule has 1 rings (SSSR count). The summed E-state index contributed by atoms with van der Waals surface area (Å²) in [6, 6.07) is 2.43. The van der Waals surface area contributed by atoms with Crippen LogP contribution in [0.1, 0.15) is 32.4 Å². The molecule has 0 aliphatic rings. The Kier molecular flexibility index (Phi) is 5.42. The molecule has 106 valence electrons. The zero-order valence-corrected chi connectivity index (χ0v) is 11.5. The first-order valence-corrected chi connectivity index (χ1v) is 6.15. The second-order valence-electron chi connectivity index (χ2n) is 4.80. The van der Waals surface area contributed by atoms with Crippen LogP contribution in [-0.4, -0.2) is 19.1 Å². The molecule has 1 N–H and O–H groups in total. The van der Waals surface area contributed by atoms with E-state index in [2.05, 4.69) is 5.32 Å². The fraction of sp³-hybridized carbons (Fsp3) is 0.500. The minimum absolute atomic E-state index is 0.00147. The summed E-state index contributed by atoms with van der Waals surface area (Å²) in [4.78, 5) is 11.6. The lowest BCUT2D eigenvalue weighted by molar-refractivity contribution is -0.144. The van der Waals surface area contributed by atoms with Crippen LogP contribution in [0.4, 0.5) is 8.78 Å². The lowest BCUT2D eigenvalue weighted by Gasteiger charge is -2.24. The van der Waals surface area contributed by atoms with E-state index in [1.165, 1.54) is 19.2 Å². The number of nitrogens with one attached hydrogen (secondary N) is 1. The van der Waals surface area contributed by atoms with E-state index in [-0.39, 0.29) is 5.92 Å². The molecular weight excluding hydrogens is 252 g/mol. The third-order valence-corrected chi connectivity index (χ3v) is 2.98. The van der Waals surface area contributed by atoms with Crippen LogP contribution in [0.15, 0.2) is 18.2 Å². The van der Waals surface area contributed by atoms with Gasteiger partial charge < -0.3 is 4.74 Å². The summed E-state index contributed by atoms with van der Waals surface area (Å²) in [5.74, 6) is -1.66. The maximum atomic E-state index is 13.6. The van der Waals surface area contributed by atoms with E-state index in [9.17, 15) is 13.6 Å². The van der Waals surface area contributed by atoms with E-state index in [0.29, 0.717) is 5.56 Å². The van der Waals surface area contributed by atoms with Crippen LogP contribution < -0.4 is 5.32 Å². The van der Waals surface area contributed by atoms with Crippen LogP contribution in [-0.2, 0) is 9.53 Å². The van der Waals surface area contributed by atoms with Gasteiger partial charge in [-0.05, 0) is 18.9 Å². The summed E-state index contributed by atoms with van der Waals surface area (Å²) in [5.41, 5.74) is 0.316. The molecule has 0 saturated heterocycles. The van der Waals surface area contributed by atoms with E-state index in [1.807, 2.05) is 13.8 Å². The van der Waals surface area contributed by atoms with Gasteiger partial charge in [0.2, 0.25) is 0 Å². The third kappa shape index (κ3) is 3.99. The van der Waals surface area contributed by atoms with Crippen LogP contribution in [0.2, 0.25) is 0 Å². The van der Waals surface area contributed by atoms with Crippen molar-refractivity contribution in [3.63, 3.8) is 0 Å². The van der Waals surface area contributed by atoms with Gasteiger partial charge in [-0.15, -0.1) is 0 Å². The van der Waals surface area contributed by atoms with Gasteiger partial charge in [-0.3, -0.25) is 10.1 Å². The maximum absolute atomic E-state index is 13.6. The van der Waals surface area contributed by atoms with E-state index < -0.39 is 29.7 Å². The molecule has 1 aromatic rings. The number of ether oxygens (including phenoxy) is 1. The van der Waals surface area contributed by atoms with Crippen LogP contribution >= 0.6 is 0 Å². The van der Waals surface area contributed by atoms with Crippen molar-refractivity contribution in [1.29, 1.82) is 0 Å². The molecule has 3 nitrogen and oxygen atoms in total. The average Bonchev–Trinajstić information content (AvgIpc) is 2.34. The summed E-state index contributed by atoms with van der Waals surface area (Å²) in [6.07, 6.45) is 0. The Hall–Kier alpha value is -1.49. The summed E-state index contributed by atoms with van der Waals surface area (Å²) in [7, 11) is 1.31. The molecule has 1 aromatic carbocycles. The van der Waals surface area contributed by atoms with Gasteiger partial charge in [0.25, 0.3) is 0 Å². The molecule has 2 unspecified atom stereocenters. The Bertz CT molecular complexity index is 449. The van der Waals surface area contributed by atoms with Crippen molar-refractivity contribution in [1.82, 2.24) is 5.32 Å². The molecule has 0 aromatic heterocycles. The Morgan fingerprint density at radius 2 is 1.89 bits per heavy atom. The highest BCUT2D eigenvalue weighted by Crippen LogP contribution is 2.19. The smallest absolute Gasteiger partial charge is 0.323 e. The van der Waals surface area contributed by atoms with E-state index in [0.717, 1.165) is 6.07 Å². The van der Waals surface area contributed by atoms with Crippen molar-refractivity contribution in [3.05, 3.63) is 35.4 Å². The summed E-state index contributed by atoms with van der Waals surface area (Å²) in [5, 5.41) is 3.01. The second kappa shape index (κ2) is 6.61. The standard InChI is InChI=1S/C14H19F2NO2/c1-8(2)13(14(18)19-4)17-9(3)11-6-5-10(15)7-12(11)16/h5-9,13,17H,1-4H3. The van der Waals surface area contributed by atoms with Crippen molar-refractivity contribution < 1.29 is 18.3 Å². The first-order chi connectivity index (χ1) is 8.86. The van der Waals surface area contributed by atoms with Gasteiger partial charge in [0.15, 0.2) is 0 Å². The highest BCUT2D eigenvalue weighted by Gasteiger charge is 2.25. The van der Waals surface area contributed by atoms with Crippen LogP contribution in [0, 0.1) is 17.6 Å². The van der Waals surface area contributed by atoms with Crippen LogP contribution in [0.3, 0.4) is 0 Å². The molecule has 0 amide bonds. The fourth-order valence-electron chi connectivity index (χ4n) is 1.87. The van der Waals surface area contributed by atoms with Gasteiger partial charge in [0.1, 0.15) is 17.7 Å². The summed E-state index contributed by atoms with van der Waals surface area (Å²) < 4.78 is 31.2. The monoisotopic (exact) mass is 271 g/mol. The average molecular weight is 271 g/mol. The Morgan fingerprint density at radius 3 is 2.37 bits per heavy atom. The molecule has 0 saturated carbocycles. The highest BCUT2D eigenvalue weighted by molar-refractivity contribution is 5.76. The number of hydrogen-bond acceptors (Lipinski definition) is 3. The molecule has 0 radical (unpaired) electrons. The highest BCUT2D eigenvalue weighted by atomic mass is 19.1. The fourth-order valence-corrected chi connectivity index (χ4v) is 1.87. The molecule has 0 fully saturated rings. The Labute approximate surface area is 112 Å². The molecule has 0 heterocycles. The zero-order valence-electron chi connectivity index (χ0n) is 11.5. The van der Waals surface area contributed by atoms with E-state index in [1.54, 1.807) is 6.92 Å². The number of methoxy groups -OCH3 is 1. The van der Waals surface area contributed by atoms with E-state index >= 15 is 0 Å². The van der Waals surface area contributed by atoms with Crippen molar-refractivity contribution in [2.24, 2.45) is 5.92 Å². The van der Waals surface area contributed by atoms with Crippen LogP contribution in [0.5, 0.6) is 0 Å². The normalized spacial score (nSPS) is 14.3. The number of carbonyl (C=O) groups excluding carboxylic acids is 1. The second-order valence-corrected chi connectivity index (χ2v) is 4.80. The van der Waals surface area contributed by atoms with Crippen molar-refractivity contribution in [2.75, 3.05) is 7.11 Å². The minimum atomic E-state index is -0.632. The quantitative estimate of drug-likeness (QED) is 0.837. The van der Waals surface area contributed by atoms with Gasteiger partial charge in [0, 0.05) is 17.7 Å². The minimum Gasteiger partial charge on any atom is -0.468 e. The molecule has 19 heavy (non-hydrogen) atoms. The topological polar surface area (TPSA) is 38.3 Å². The first-order valence-electron chi connectivity index (χ1n) is 6.15. The number of benzene rings is 1. The molecule has 2 atom stereocenters. The lowest BCUT2D eigenvalue weighted by Crippen LogP contribution is -2.43. The van der Waals surface area contributed by atoms with E-state index in [4.69, 9.17) is 4.74 Å². The van der Waals surface area contributed by atoms with Gasteiger partial charge >= 0.3 is 5.97 Å². The molecule has 0 spiro atoms. The lowest BCUT2D eigenvalue weighted by atomic mass is 10.0. The van der Waals surface area contributed by atoms with Crippen molar-refractivity contribution >= 4 is 5.97 Å². The molecule has 5 heteroatoms. The van der Waals surface area contributed by atoms with Gasteiger partial charge in [0.05, 0.1) is 7.11 Å². The third-order valence-electron chi connectivity index (χ3n) is 2.98. The van der Waals surface area contributed by atoms with Gasteiger partial charge in [-0.25, -0.2) is 8.78 Å². The Balaban J connectivity index is 2.87. The van der Waals surface area contributed by atoms with Crippen molar-refractivity contribution in [2.45, 2.75) is 32.9 Å². The number of hydrogen-bond donors (Lipinski definition) is 1. The molecule has 0 aliphatic carbocycles. The largest absolute Gasteiger partial charge is 0.468 e. The maximum Gasteiger partial charge on any atom is 0.323 e. The predicted octanol–water partition coefficient (Wildman–Crippen LogP) is 2.81. The number of carbonyl (C=O) groups is 1. The zero-order chi connectivity index (χ0) is 14.6. The summed E-state index contributed by atoms with van der Waals surface area (Å²) in [6.45, 7) is 5.44. The molecule has 0 bridgehead atoms. The first kappa shape index (κ1) is 15.6.